The first-order valence-corrected chi connectivity index (χ1v) is 7.99. The second-order valence-corrected chi connectivity index (χ2v) is 5.64. The van der Waals surface area contributed by atoms with Crippen LogP contribution in [0, 0.1) is 0 Å². The van der Waals surface area contributed by atoms with E-state index in [9.17, 15) is 9.59 Å². The first-order valence-electron chi connectivity index (χ1n) is 7.99. The number of hydrogen-bond donors (Lipinski definition) is 0. The van der Waals surface area contributed by atoms with E-state index in [-0.39, 0.29) is 5.91 Å². The Labute approximate surface area is 145 Å². The molecule has 7 heteroatoms. The summed E-state index contributed by atoms with van der Waals surface area (Å²) in [5.41, 5.74) is 1.52. The lowest BCUT2D eigenvalue weighted by Gasteiger charge is -2.27. The van der Waals surface area contributed by atoms with E-state index in [1.54, 1.807) is 36.1 Å². The lowest BCUT2D eigenvalue weighted by molar-refractivity contribution is -0.130. The second-order valence-electron chi connectivity index (χ2n) is 5.64. The van der Waals surface area contributed by atoms with E-state index in [0.717, 1.165) is 5.56 Å². The zero-order chi connectivity index (χ0) is 17.6. The van der Waals surface area contributed by atoms with Gasteiger partial charge in [-0.25, -0.2) is 14.3 Å². The Morgan fingerprint density at radius 3 is 2.56 bits per heavy atom. The van der Waals surface area contributed by atoms with Crippen LogP contribution in [0.25, 0.3) is 6.08 Å². The molecule has 1 saturated heterocycles. The van der Waals surface area contributed by atoms with Crippen LogP contribution < -0.4 is 4.74 Å². The maximum absolute atomic E-state index is 12.4. The van der Waals surface area contributed by atoms with Crippen molar-refractivity contribution in [3.63, 3.8) is 0 Å². The summed E-state index contributed by atoms with van der Waals surface area (Å²) in [7, 11) is 0. The zero-order valence-electron chi connectivity index (χ0n) is 13.9. The molecule has 130 valence electrons. The van der Waals surface area contributed by atoms with Gasteiger partial charge in [-0.1, -0.05) is 12.1 Å². The number of amides is 1. The molecule has 0 spiro atoms. The third-order valence-electron chi connectivity index (χ3n) is 3.82. The number of aromatic nitrogens is 2. The van der Waals surface area contributed by atoms with Gasteiger partial charge in [0, 0.05) is 31.1 Å². The van der Waals surface area contributed by atoms with Gasteiger partial charge >= 0.3 is 6.09 Å². The molecular formula is C18H19N3O4. The molecule has 1 aliphatic rings. The van der Waals surface area contributed by atoms with E-state index >= 15 is 0 Å². The van der Waals surface area contributed by atoms with E-state index in [1.165, 1.54) is 23.3 Å². The smallest absolute Gasteiger partial charge is 0.410 e. The molecule has 0 saturated carbocycles. The van der Waals surface area contributed by atoms with E-state index < -0.39 is 6.09 Å². The zero-order valence-corrected chi connectivity index (χ0v) is 13.9. The molecule has 1 amide bonds. The van der Waals surface area contributed by atoms with Crippen LogP contribution >= 0.6 is 0 Å². The van der Waals surface area contributed by atoms with Crippen molar-refractivity contribution in [1.29, 1.82) is 0 Å². The van der Waals surface area contributed by atoms with Gasteiger partial charge in [-0.3, -0.25) is 4.79 Å². The molecule has 0 N–H and O–H groups in total. The van der Waals surface area contributed by atoms with Crippen LogP contribution in [0.15, 0.2) is 48.6 Å². The molecular weight excluding hydrogens is 322 g/mol. The fourth-order valence-electron chi connectivity index (χ4n) is 2.48. The minimum absolute atomic E-state index is 0.0129. The van der Waals surface area contributed by atoms with Crippen molar-refractivity contribution < 1.29 is 19.1 Å². The highest BCUT2D eigenvalue weighted by Crippen LogP contribution is 2.16. The Morgan fingerprint density at radius 2 is 1.92 bits per heavy atom. The molecule has 1 fully saturated rings. The van der Waals surface area contributed by atoms with E-state index in [1.807, 2.05) is 6.08 Å². The average molecular weight is 341 g/mol. The van der Waals surface area contributed by atoms with Crippen molar-refractivity contribution in [3.8, 4) is 5.75 Å². The number of nitrogens with zero attached hydrogens (tertiary/aromatic N) is 3. The molecule has 7 nitrogen and oxygen atoms in total. The van der Waals surface area contributed by atoms with Gasteiger partial charge < -0.3 is 14.4 Å². The van der Waals surface area contributed by atoms with Crippen molar-refractivity contribution in [2.75, 3.05) is 26.3 Å². The topological polar surface area (TPSA) is 73.7 Å². The van der Waals surface area contributed by atoms with Crippen LogP contribution in [-0.2, 0) is 9.53 Å². The molecule has 0 atom stereocenters. The first kappa shape index (κ1) is 16.9. The molecule has 1 aromatic heterocycles. The number of benzene rings is 1. The maximum Gasteiger partial charge on any atom is 0.424 e. The summed E-state index contributed by atoms with van der Waals surface area (Å²) < 4.78 is 11.7. The van der Waals surface area contributed by atoms with Crippen LogP contribution in [0.1, 0.15) is 12.5 Å². The van der Waals surface area contributed by atoms with Crippen molar-refractivity contribution in [3.05, 3.63) is 54.1 Å². The lowest BCUT2D eigenvalue weighted by Crippen LogP contribution is -2.41. The minimum atomic E-state index is -0.528. The Balaban J connectivity index is 1.63. The number of hydrogen-bond acceptors (Lipinski definition) is 5. The summed E-state index contributed by atoms with van der Waals surface area (Å²) in [5.74, 6) is 0.437. The molecule has 0 radical (unpaired) electrons. The molecule has 1 aliphatic heterocycles. The van der Waals surface area contributed by atoms with Crippen LogP contribution in [0.3, 0.4) is 0 Å². The average Bonchev–Trinajstić information content (AvgIpc) is 3.18. The molecule has 1 aromatic carbocycles. The third kappa shape index (κ3) is 4.33. The SMILES string of the molecule is C/C(=C\c1ccc(OC(=O)n2ccnc2)cc1)C(=O)N1CCOCC1. The van der Waals surface area contributed by atoms with Crippen molar-refractivity contribution in [2.24, 2.45) is 0 Å². The highest BCUT2D eigenvalue weighted by molar-refractivity contribution is 5.97. The second kappa shape index (κ2) is 7.76. The highest BCUT2D eigenvalue weighted by atomic mass is 16.6. The van der Waals surface area contributed by atoms with Crippen molar-refractivity contribution in [1.82, 2.24) is 14.5 Å². The lowest BCUT2D eigenvalue weighted by atomic mass is 10.1. The van der Waals surface area contributed by atoms with Gasteiger partial charge in [0.2, 0.25) is 5.91 Å². The van der Waals surface area contributed by atoms with E-state index in [0.29, 0.717) is 37.6 Å². The quantitative estimate of drug-likeness (QED) is 0.800. The minimum Gasteiger partial charge on any atom is -0.410 e. The Hall–Kier alpha value is -2.93. The Kier molecular flexibility index (Phi) is 5.25. The molecule has 0 bridgehead atoms. The highest BCUT2D eigenvalue weighted by Gasteiger charge is 2.17. The predicted molar refractivity (Wildman–Crippen MR) is 91.1 cm³/mol. The standard InChI is InChI=1S/C18H19N3O4/c1-14(17(22)20-8-10-24-11-9-20)12-15-2-4-16(5-3-15)25-18(23)21-7-6-19-13-21/h2-7,12-13H,8-11H2,1H3/b14-12+. The summed E-state index contributed by atoms with van der Waals surface area (Å²) in [4.78, 5) is 29.8. The van der Waals surface area contributed by atoms with Crippen LogP contribution in [0.4, 0.5) is 4.79 Å². The predicted octanol–water partition coefficient (Wildman–Crippen LogP) is 2.19. The Morgan fingerprint density at radius 1 is 1.20 bits per heavy atom. The van der Waals surface area contributed by atoms with E-state index in [4.69, 9.17) is 9.47 Å². The number of imidazole rings is 1. The fraction of sp³-hybridized carbons (Fsp3) is 0.278. The summed E-state index contributed by atoms with van der Waals surface area (Å²) in [6.07, 6.45) is 5.68. The fourth-order valence-corrected chi connectivity index (χ4v) is 2.48. The third-order valence-corrected chi connectivity index (χ3v) is 3.82. The van der Waals surface area contributed by atoms with Crippen molar-refractivity contribution in [2.45, 2.75) is 6.92 Å². The number of morpholine rings is 1. The van der Waals surface area contributed by atoms with Crippen LogP contribution in [-0.4, -0.2) is 52.8 Å². The Bertz CT molecular complexity index is 760. The monoisotopic (exact) mass is 341 g/mol. The number of carbonyl (C=O) groups excluding carboxylic acids is 2. The number of carbonyl (C=O) groups is 2. The molecule has 0 aliphatic carbocycles. The van der Waals surface area contributed by atoms with Gasteiger partial charge in [0.25, 0.3) is 0 Å². The van der Waals surface area contributed by atoms with Gasteiger partial charge in [0.15, 0.2) is 0 Å². The van der Waals surface area contributed by atoms with Gasteiger partial charge in [-0.05, 0) is 30.7 Å². The summed E-state index contributed by atoms with van der Waals surface area (Å²) in [6, 6.07) is 6.97. The largest absolute Gasteiger partial charge is 0.424 e. The summed E-state index contributed by atoms with van der Waals surface area (Å²) >= 11 is 0. The normalized spacial score (nSPS) is 15.1. The van der Waals surface area contributed by atoms with Crippen molar-refractivity contribution >= 4 is 18.1 Å². The number of ether oxygens (including phenoxy) is 2. The molecule has 25 heavy (non-hydrogen) atoms. The number of rotatable bonds is 3. The summed E-state index contributed by atoms with van der Waals surface area (Å²) in [5, 5.41) is 0. The van der Waals surface area contributed by atoms with Crippen LogP contribution in [0.5, 0.6) is 5.75 Å². The van der Waals surface area contributed by atoms with Gasteiger partial charge in [-0.15, -0.1) is 0 Å². The van der Waals surface area contributed by atoms with Gasteiger partial charge in [0.05, 0.1) is 13.2 Å². The van der Waals surface area contributed by atoms with Gasteiger partial charge in [0.1, 0.15) is 12.1 Å². The van der Waals surface area contributed by atoms with Gasteiger partial charge in [-0.2, -0.15) is 0 Å². The summed E-state index contributed by atoms with van der Waals surface area (Å²) in [6.45, 7) is 4.19. The molecule has 2 aromatic rings. The van der Waals surface area contributed by atoms with E-state index in [2.05, 4.69) is 4.98 Å². The van der Waals surface area contributed by atoms with Crippen LogP contribution in [0.2, 0.25) is 0 Å². The molecule has 0 unspecified atom stereocenters. The molecule has 2 heterocycles. The first-order chi connectivity index (χ1) is 12.1. The molecule has 3 rings (SSSR count). The maximum atomic E-state index is 12.4.